The summed E-state index contributed by atoms with van der Waals surface area (Å²) in [5.41, 5.74) is 0.923. The van der Waals surface area contributed by atoms with Crippen molar-refractivity contribution in [2.75, 3.05) is 0 Å². The topological polar surface area (TPSA) is 12.9 Å². The molecule has 0 bridgehead atoms. The molecular formula is C9H7BrClNS. The molecule has 0 saturated carbocycles. The first kappa shape index (κ1) is 9.44. The molecule has 0 fully saturated rings. The molecule has 0 spiro atoms. The zero-order chi connectivity index (χ0) is 9.42. The molecule has 13 heavy (non-hydrogen) atoms. The van der Waals surface area contributed by atoms with E-state index in [0.717, 1.165) is 31.1 Å². The summed E-state index contributed by atoms with van der Waals surface area (Å²) in [6, 6.07) is 3.93. The number of hydrogen-bond donors (Lipinski definition) is 0. The third-order valence-corrected chi connectivity index (χ3v) is 3.65. The molecule has 4 heteroatoms. The lowest BCUT2D eigenvalue weighted by molar-refractivity contribution is 1.11. The smallest absolute Gasteiger partial charge is 0.100 e. The Balaban J connectivity index is 2.75. The average Bonchev–Trinajstić information content (AvgIpc) is 2.47. The molecule has 0 amide bonds. The fourth-order valence-electron chi connectivity index (χ4n) is 1.15. The molecule has 2 rings (SSSR count). The van der Waals surface area contributed by atoms with Gasteiger partial charge in [0.25, 0.3) is 0 Å². The fourth-order valence-corrected chi connectivity index (χ4v) is 3.19. The van der Waals surface area contributed by atoms with Crippen LogP contribution in [0.4, 0.5) is 0 Å². The van der Waals surface area contributed by atoms with Crippen molar-refractivity contribution in [2.24, 2.45) is 0 Å². The number of benzene rings is 1. The number of hydrogen-bond acceptors (Lipinski definition) is 2. The van der Waals surface area contributed by atoms with E-state index in [1.807, 2.05) is 6.07 Å². The maximum atomic E-state index is 6.05. The first-order valence-corrected chi connectivity index (χ1v) is 5.94. The highest BCUT2D eigenvalue weighted by Crippen LogP contribution is 2.31. The van der Waals surface area contributed by atoms with E-state index in [1.54, 1.807) is 11.3 Å². The Labute approximate surface area is 93.9 Å². The van der Waals surface area contributed by atoms with Gasteiger partial charge in [-0.3, -0.25) is 0 Å². The number of nitrogens with zero attached hydrogens (tertiary/aromatic N) is 1. The van der Waals surface area contributed by atoms with Crippen molar-refractivity contribution in [3.05, 3.63) is 26.6 Å². The van der Waals surface area contributed by atoms with E-state index in [9.17, 15) is 0 Å². The maximum Gasteiger partial charge on any atom is 0.100 e. The molecule has 0 N–H and O–H groups in total. The van der Waals surface area contributed by atoms with Crippen molar-refractivity contribution < 1.29 is 0 Å². The van der Waals surface area contributed by atoms with Crippen molar-refractivity contribution in [1.29, 1.82) is 0 Å². The predicted molar refractivity (Wildman–Crippen MR) is 61.7 cm³/mol. The minimum absolute atomic E-state index is 0.723. The molecule has 2 aromatic rings. The van der Waals surface area contributed by atoms with Crippen molar-refractivity contribution in [3.8, 4) is 0 Å². The summed E-state index contributed by atoms with van der Waals surface area (Å²) in [6.45, 7) is 2.10. The molecule has 0 aliphatic rings. The number of halogens is 2. The molecule has 1 aromatic carbocycles. The average molecular weight is 277 g/mol. The van der Waals surface area contributed by atoms with E-state index < -0.39 is 0 Å². The number of aryl methyl sites for hydroxylation is 1. The van der Waals surface area contributed by atoms with Gasteiger partial charge in [-0.2, -0.15) is 0 Å². The minimum atomic E-state index is 0.723. The van der Waals surface area contributed by atoms with Crippen LogP contribution in [0.5, 0.6) is 0 Å². The monoisotopic (exact) mass is 275 g/mol. The number of aromatic nitrogens is 1. The summed E-state index contributed by atoms with van der Waals surface area (Å²) in [7, 11) is 0. The van der Waals surface area contributed by atoms with Crippen LogP contribution in [0.2, 0.25) is 5.02 Å². The van der Waals surface area contributed by atoms with Gasteiger partial charge in [-0.05, 0) is 18.6 Å². The van der Waals surface area contributed by atoms with Crippen molar-refractivity contribution in [3.63, 3.8) is 0 Å². The molecule has 0 saturated heterocycles. The van der Waals surface area contributed by atoms with Crippen molar-refractivity contribution in [2.45, 2.75) is 13.3 Å². The molecule has 0 aliphatic carbocycles. The first-order valence-electron chi connectivity index (χ1n) is 3.95. The highest BCUT2D eigenvalue weighted by atomic mass is 79.9. The Bertz CT molecular complexity index is 452. The second kappa shape index (κ2) is 3.56. The normalized spacial score (nSPS) is 11.0. The van der Waals surface area contributed by atoms with Gasteiger partial charge in [-0.15, -0.1) is 11.3 Å². The van der Waals surface area contributed by atoms with E-state index in [4.69, 9.17) is 11.6 Å². The van der Waals surface area contributed by atoms with Gasteiger partial charge in [0, 0.05) is 4.47 Å². The summed E-state index contributed by atoms with van der Waals surface area (Å²) >= 11 is 11.2. The van der Waals surface area contributed by atoms with Gasteiger partial charge in [-0.1, -0.05) is 34.5 Å². The van der Waals surface area contributed by atoms with E-state index in [1.165, 1.54) is 0 Å². The Morgan fingerprint density at radius 2 is 2.31 bits per heavy atom. The Morgan fingerprint density at radius 1 is 1.54 bits per heavy atom. The Kier molecular flexibility index (Phi) is 2.58. The largest absolute Gasteiger partial charge is 0.240 e. The first-order chi connectivity index (χ1) is 6.20. The van der Waals surface area contributed by atoms with Gasteiger partial charge < -0.3 is 0 Å². The number of rotatable bonds is 1. The lowest BCUT2D eigenvalue weighted by Gasteiger charge is -1.92. The maximum absolute atomic E-state index is 6.05. The number of thiazole rings is 1. The standard InChI is InChI=1S/C9H7BrClNS/c1-2-8-12-9-6(11)3-5(10)4-7(9)13-8/h3-4H,2H2,1H3. The quantitative estimate of drug-likeness (QED) is 0.758. The van der Waals surface area contributed by atoms with Gasteiger partial charge >= 0.3 is 0 Å². The van der Waals surface area contributed by atoms with Crippen LogP contribution in [0, 0.1) is 0 Å². The van der Waals surface area contributed by atoms with Gasteiger partial charge in [0.2, 0.25) is 0 Å². The van der Waals surface area contributed by atoms with Crippen LogP contribution in [-0.4, -0.2) is 4.98 Å². The molecule has 0 aliphatic heterocycles. The summed E-state index contributed by atoms with van der Waals surface area (Å²) in [5, 5.41) is 1.86. The Morgan fingerprint density at radius 3 is 3.00 bits per heavy atom. The van der Waals surface area contributed by atoms with Gasteiger partial charge in [0.1, 0.15) is 5.52 Å². The lowest BCUT2D eigenvalue weighted by atomic mass is 10.3. The summed E-state index contributed by atoms with van der Waals surface area (Å²) in [4.78, 5) is 4.44. The highest BCUT2D eigenvalue weighted by molar-refractivity contribution is 9.10. The van der Waals surface area contributed by atoms with E-state index >= 15 is 0 Å². The van der Waals surface area contributed by atoms with Crippen LogP contribution < -0.4 is 0 Å². The summed E-state index contributed by atoms with van der Waals surface area (Å²) in [5.74, 6) is 0. The van der Waals surface area contributed by atoms with Crippen LogP contribution in [0.1, 0.15) is 11.9 Å². The van der Waals surface area contributed by atoms with Crippen LogP contribution in [-0.2, 0) is 6.42 Å². The summed E-state index contributed by atoms with van der Waals surface area (Å²) in [6.07, 6.45) is 0.966. The lowest BCUT2D eigenvalue weighted by Crippen LogP contribution is -1.75. The summed E-state index contributed by atoms with van der Waals surface area (Å²) < 4.78 is 2.16. The zero-order valence-corrected chi connectivity index (χ0v) is 10.1. The highest BCUT2D eigenvalue weighted by Gasteiger charge is 2.06. The molecule has 1 nitrogen and oxygen atoms in total. The second-order valence-corrected chi connectivity index (χ2v) is 5.13. The Hall–Kier alpha value is -0.120. The van der Waals surface area contributed by atoms with Crippen molar-refractivity contribution >= 4 is 49.1 Å². The second-order valence-electron chi connectivity index (χ2n) is 2.70. The van der Waals surface area contributed by atoms with Crippen LogP contribution >= 0.6 is 38.9 Å². The van der Waals surface area contributed by atoms with Crippen molar-refractivity contribution in [1.82, 2.24) is 4.98 Å². The zero-order valence-electron chi connectivity index (χ0n) is 6.97. The molecule has 0 atom stereocenters. The molecule has 1 aromatic heterocycles. The van der Waals surface area contributed by atoms with E-state index in [0.29, 0.717) is 0 Å². The van der Waals surface area contributed by atoms with Crippen LogP contribution in [0.15, 0.2) is 16.6 Å². The third-order valence-electron chi connectivity index (χ3n) is 1.76. The van der Waals surface area contributed by atoms with Gasteiger partial charge in [-0.25, -0.2) is 4.98 Å². The molecule has 0 unspecified atom stereocenters. The third kappa shape index (κ3) is 1.73. The van der Waals surface area contributed by atoms with E-state index in [2.05, 4.69) is 33.9 Å². The number of fused-ring (bicyclic) bond motifs is 1. The minimum Gasteiger partial charge on any atom is -0.240 e. The molecule has 68 valence electrons. The SMILES string of the molecule is CCc1nc2c(Cl)cc(Br)cc2s1. The van der Waals surface area contributed by atoms with Gasteiger partial charge in [0.15, 0.2) is 0 Å². The van der Waals surface area contributed by atoms with E-state index in [-0.39, 0.29) is 0 Å². The van der Waals surface area contributed by atoms with Crippen LogP contribution in [0.25, 0.3) is 10.2 Å². The van der Waals surface area contributed by atoms with Gasteiger partial charge in [0.05, 0.1) is 14.7 Å². The predicted octanol–water partition coefficient (Wildman–Crippen LogP) is 4.27. The molecule has 1 heterocycles. The fraction of sp³-hybridized carbons (Fsp3) is 0.222. The molecule has 0 radical (unpaired) electrons. The van der Waals surface area contributed by atoms with Crippen LogP contribution in [0.3, 0.4) is 0 Å². The molecular weight excluding hydrogens is 270 g/mol.